The van der Waals surface area contributed by atoms with E-state index < -0.39 is 0 Å². The predicted octanol–water partition coefficient (Wildman–Crippen LogP) is 1.56. The molecule has 0 atom stereocenters. The molecular weight excluding hydrogens is 216 g/mol. The number of hydrogen-bond donors (Lipinski definition) is 1. The molecule has 1 heterocycles. The minimum atomic E-state index is -0.231. The molecule has 0 unspecified atom stereocenters. The van der Waals surface area contributed by atoms with Crippen LogP contribution in [-0.2, 0) is 0 Å². The molecule has 0 bridgehead atoms. The molecule has 0 fully saturated rings. The summed E-state index contributed by atoms with van der Waals surface area (Å²) in [6, 6.07) is 10.6. The lowest BCUT2D eigenvalue weighted by Crippen LogP contribution is -2.27. The third-order valence-corrected chi connectivity index (χ3v) is 2.42. The molecule has 0 radical (unpaired) electrons. The summed E-state index contributed by atoms with van der Waals surface area (Å²) in [5.41, 5.74) is 1.43. The summed E-state index contributed by atoms with van der Waals surface area (Å²) < 4.78 is 0. The first-order valence-electron chi connectivity index (χ1n) is 5.00. The Morgan fingerprint density at radius 1 is 1.41 bits per heavy atom. The lowest BCUT2D eigenvalue weighted by molar-refractivity contribution is 0.0988. The maximum Gasteiger partial charge on any atom is 0.276 e. The SMILES string of the molecule is CN(C(=O)c1ccn[nH]1)c1ccccc1C#N. The fourth-order valence-electron chi connectivity index (χ4n) is 1.53. The van der Waals surface area contributed by atoms with Gasteiger partial charge in [-0.3, -0.25) is 9.89 Å². The van der Waals surface area contributed by atoms with Crippen LogP contribution in [0.5, 0.6) is 0 Å². The van der Waals surface area contributed by atoms with E-state index in [0.717, 1.165) is 0 Å². The quantitative estimate of drug-likeness (QED) is 0.844. The number of nitrogens with zero attached hydrogens (tertiary/aromatic N) is 3. The van der Waals surface area contributed by atoms with Gasteiger partial charge in [0.2, 0.25) is 0 Å². The first kappa shape index (κ1) is 10.9. The molecule has 1 aromatic heterocycles. The topological polar surface area (TPSA) is 72.8 Å². The molecule has 2 rings (SSSR count). The van der Waals surface area contributed by atoms with Gasteiger partial charge in [-0.2, -0.15) is 10.4 Å². The molecule has 1 N–H and O–H groups in total. The summed E-state index contributed by atoms with van der Waals surface area (Å²) in [6.07, 6.45) is 1.51. The number of anilines is 1. The average molecular weight is 226 g/mol. The number of nitriles is 1. The second kappa shape index (κ2) is 4.49. The number of rotatable bonds is 2. The molecule has 0 aliphatic heterocycles. The van der Waals surface area contributed by atoms with Crippen LogP contribution in [0.3, 0.4) is 0 Å². The lowest BCUT2D eigenvalue weighted by Gasteiger charge is -2.17. The number of carbonyl (C=O) groups excluding carboxylic acids is 1. The van der Waals surface area contributed by atoms with Crippen molar-refractivity contribution in [3.8, 4) is 6.07 Å². The maximum absolute atomic E-state index is 12.0. The molecule has 17 heavy (non-hydrogen) atoms. The van der Waals surface area contributed by atoms with Gasteiger partial charge in [-0.1, -0.05) is 12.1 Å². The Morgan fingerprint density at radius 2 is 2.18 bits per heavy atom. The summed E-state index contributed by atoms with van der Waals surface area (Å²) in [5, 5.41) is 15.3. The van der Waals surface area contributed by atoms with Crippen LogP contribution >= 0.6 is 0 Å². The fraction of sp³-hybridized carbons (Fsp3) is 0.0833. The van der Waals surface area contributed by atoms with Crippen molar-refractivity contribution < 1.29 is 4.79 Å². The Balaban J connectivity index is 2.35. The van der Waals surface area contributed by atoms with E-state index in [2.05, 4.69) is 16.3 Å². The van der Waals surface area contributed by atoms with Crippen LogP contribution in [0.1, 0.15) is 16.1 Å². The van der Waals surface area contributed by atoms with Crippen LogP contribution in [0.2, 0.25) is 0 Å². The number of para-hydroxylation sites is 1. The minimum absolute atomic E-state index is 0.231. The van der Waals surface area contributed by atoms with Crippen molar-refractivity contribution in [2.24, 2.45) is 0 Å². The summed E-state index contributed by atoms with van der Waals surface area (Å²) >= 11 is 0. The number of aromatic amines is 1. The van der Waals surface area contributed by atoms with Crippen molar-refractivity contribution in [1.29, 1.82) is 5.26 Å². The van der Waals surface area contributed by atoms with Crippen LogP contribution in [0, 0.1) is 11.3 Å². The Labute approximate surface area is 98.3 Å². The van der Waals surface area contributed by atoms with E-state index in [0.29, 0.717) is 16.9 Å². The molecule has 0 saturated carbocycles. The van der Waals surface area contributed by atoms with Gasteiger partial charge < -0.3 is 4.90 Å². The second-order valence-corrected chi connectivity index (χ2v) is 3.46. The van der Waals surface area contributed by atoms with Gasteiger partial charge in [0.25, 0.3) is 5.91 Å². The largest absolute Gasteiger partial charge is 0.309 e. The third kappa shape index (κ3) is 2.01. The van der Waals surface area contributed by atoms with Crippen molar-refractivity contribution in [3.63, 3.8) is 0 Å². The van der Waals surface area contributed by atoms with Crippen molar-refractivity contribution in [3.05, 3.63) is 47.8 Å². The molecule has 5 nitrogen and oxygen atoms in total. The number of nitrogens with one attached hydrogen (secondary N) is 1. The highest BCUT2D eigenvalue weighted by Gasteiger charge is 2.16. The van der Waals surface area contributed by atoms with Crippen molar-refractivity contribution >= 4 is 11.6 Å². The van der Waals surface area contributed by atoms with Crippen LogP contribution in [0.4, 0.5) is 5.69 Å². The molecule has 0 aliphatic carbocycles. The summed E-state index contributed by atoms with van der Waals surface area (Å²) in [7, 11) is 1.62. The Kier molecular flexibility index (Phi) is 2.88. The van der Waals surface area contributed by atoms with Gasteiger partial charge in [-0.15, -0.1) is 0 Å². The number of benzene rings is 1. The molecule has 0 spiro atoms. The predicted molar refractivity (Wildman–Crippen MR) is 62.5 cm³/mol. The van der Waals surface area contributed by atoms with Gasteiger partial charge >= 0.3 is 0 Å². The highest BCUT2D eigenvalue weighted by Crippen LogP contribution is 2.19. The number of amides is 1. The van der Waals surface area contributed by atoms with E-state index >= 15 is 0 Å². The molecule has 1 amide bonds. The van der Waals surface area contributed by atoms with Gasteiger partial charge in [-0.05, 0) is 18.2 Å². The second-order valence-electron chi connectivity index (χ2n) is 3.46. The van der Waals surface area contributed by atoms with Crippen molar-refractivity contribution in [2.45, 2.75) is 0 Å². The first-order valence-corrected chi connectivity index (χ1v) is 5.00. The molecule has 1 aromatic carbocycles. The normalized spacial score (nSPS) is 9.65. The van der Waals surface area contributed by atoms with Crippen molar-refractivity contribution in [1.82, 2.24) is 10.2 Å². The highest BCUT2D eigenvalue weighted by atomic mass is 16.2. The van der Waals surface area contributed by atoms with E-state index in [1.807, 2.05) is 0 Å². The Bertz CT molecular complexity index is 568. The van der Waals surface area contributed by atoms with Gasteiger partial charge in [0.05, 0.1) is 11.3 Å². The van der Waals surface area contributed by atoms with E-state index in [4.69, 9.17) is 5.26 Å². The van der Waals surface area contributed by atoms with Gasteiger partial charge in [0.1, 0.15) is 11.8 Å². The maximum atomic E-state index is 12.0. The zero-order chi connectivity index (χ0) is 12.3. The number of aromatic nitrogens is 2. The lowest BCUT2D eigenvalue weighted by atomic mass is 10.1. The monoisotopic (exact) mass is 226 g/mol. The van der Waals surface area contributed by atoms with Gasteiger partial charge in [0, 0.05) is 13.2 Å². The van der Waals surface area contributed by atoms with Gasteiger partial charge in [0.15, 0.2) is 0 Å². The summed E-state index contributed by atoms with van der Waals surface area (Å²) in [5.74, 6) is -0.231. The molecule has 84 valence electrons. The number of hydrogen-bond acceptors (Lipinski definition) is 3. The van der Waals surface area contributed by atoms with Crippen LogP contribution in [-0.4, -0.2) is 23.2 Å². The zero-order valence-electron chi connectivity index (χ0n) is 9.21. The Morgan fingerprint density at radius 3 is 2.82 bits per heavy atom. The van der Waals surface area contributed by atoms with Gasteiger partial charge in [-0.25, -0.2) is 0 Å². The number of H-pyrrole nitrogens is 1. The molecule has 0 saturated heterocycles. The fourth-order valence-corrected chi connectivity index (χ4v) is 1.53. The number of carbonyl (C=O) groups is 1. The molecule has 0 aliphatic rings. The molecular formula is C12H10N4O. The summed E-state index contributed by atoms with van der Waals surface area (Å²) in [4.78, 5) is 13.4. The smallest absolute Gasteiger partial charge is 0.276 e. The van der Waals surface area contributed by atoms with E-state index in [-0.39, 0.29) is 5.91 Å². The van der Waals surface area contributed by atoms with Crippen molar-refractivity contribution in [2.75, 3.05) is 11.9 Å². The highest BCUT2D eigenvalue weighted by molar-refractivity contribution is 6.04. The molecule has 5 heteroatoms. The van der Waals surface area contributed by atoms with Crippen LogP contribution in [0.15, 0.2) is 36.5 Å². The van der Waals surface area contributed by atoms with Crippen LogP contribution in [0.25, 0.3) is 0 Å². The summed E-state index contributed by atoms with van der Waals surface area (Å²) in [6.45, 7) is 0. The average Bonchev–Trinajstić information content (AvgIpc) is 2.90. The standard InChI is InChI=1S/C12H10N4O/c1-16(12(17)10-6-7-14-15-10)11-5-3-2-4-9(11)8-13/h2-7H,1H3,(H,14,15). The van der Waals surface area contributed by atoms with E-state index in [1.54, 1.807) is 37.4 Å². The van der Waals surface area contributed by atoms with E-state index in [9.17, 15) is 4.79 Å². The van der Waals surface area contributed by atoms with E-state index in [1.165, 1.54) is 11.1 Å². The minimum Gasteiger partial charge on any atom is -0.309 e. The Hall–Kier alpha value is -2.61. The first-order chi connectivity index (χ1) is 8.24. The molecule has 2 aromatic rings. The zero-order valence-corrected chi connectivity index (χ0v) is 9.21. The van der Waals surface area contributed by atoms with Crippen LogP contribution < -0.4 is 4.90 Å². The third-order valence-electron chi connectivity index (χ3n) is 2.42.